The molecule has 144 valence electrons. The zero-order chi connectivity index (χ0) is 19.3. The average molecular weight is 396 g/mol. The number of hydrogen-bond donors (Lipinski definition) is 1. The second-order valence-electron chi connectivity index (χ2n) is 6.69. The van der Waals surface area contributed by atoms with Gasteiger partial charge in [-0.1, -0.05) is 11.6 Å². The third kappa shape index (κ3) is 4.34. The van der Waals surface area contributed by atoms with Crippen molar-refractivity contribution in [3.63, 3.8) is 0 Å². The van der Waals surface area contributed by atoms with Crippen LogP contribution in [-0.2, 0) is 0 Å². The summed E-state index contributed by atoms with van der Waals surface area (Å²) in [5.41, 5.74) is 1.79. The normalized spacial score (nSPS) is 14.0. The van der Waals surface area contributed by atoms with Gasteiger partial charge in [-0.2, -0.15) is 15.0 Å². The van der Waals surface area contributed by atoms with Crippen LogP contribution < -0.4 is 15.0 Å². The topological polar surface area (TPSA) is 63.2 Å². The van der Waals surface area contributed by atoms with E-state index in [1.807, 2.05) is 48.5 Å². The van der Waals surface area contributed by atoms with Crippen LogP contribution in [0.2, 0.25) is 5.02 Å². The summed E-state index contributed by atoms with van der Waals surface area (Å²) in [6.45, 7) is 1.93. The van der Waals surface area contributed by atoms with Crippen LogP contribution in [0.25, 0.3) is 11.4 Å². The van der Waals surface area contributed by atoms with Crippen molar-refractivity contribution in [2.24, 2.45) is 0 Å². The Kier molecular flexibility index (Phi) is 5.58. The number of anilines is 3. The average Bonchev–Trinajstić information content (AvgIpc) is 2.76. The Labute approximate surface area is 169 Å². The van der Waals surface area contributed by atoms with E-state index in [9.17, 15) is 0 Å². The summed E-state index contributed by atoms with van der Waals surface area (Å²) in [7, 11) is 1.65. The molecule has 0 bridgehead atoms. The molecule has 1 N–H and O–H groups in total. The van der Waals surface area contributed by atoms with Gasteiger partial charge in [-0.15, -0.1) is 0 Å². The van der Waals surface area contributed by atoms with Gasteiger partial charge in [0, 0.05) is 29.4 Å². The molecule has 2 heterocycles. The van der Waals surface area contributed by atoms with Gasteiger partial charge in [-0.3, -0.25) is 0 Å². The molecule has 28 heavy (non-hydrogen) atoms. The quantitative estimate of drug-likeness (QED) is 0.660. The molecule has 1 fully saturated rings. The summed E-state index contributed by atoms with van der Waals surface area (Å²) in [4.78, 5) is 16.3. The molecule has 4 rings (SSSR count). The van der Waals surface area contributed by atoms with Gasteiger partial charge in [-0.05, 0) is 67.8 Å². The molecule has 1 aromatic heterocycles. The van der Waals surface area contributed by atoms with Crippen molar-refractivity contribution >= 4 is 29.2 Å². The fourth-order valence-corrected chi connectivity index (χ4v) is 3.31. The maximum absolute atomic E-state index is 5.99. The summed E-state index contributed by atoms with van der Waals surface area (Å²) in [5.74, 6) is 2.66. The molecule has 0 spiro atoms. The van der Waals surface area contributed by atoms with Gasteiger partial charge >= 0.3 is 0 Å². The lowest BCUT2D eigenvalue weighted by Gasteiger charge is -2.27. The molecule has 1 aliphatic heterocycles. The van der Waals surface area contributed by atoms with E-state index in [2.05, 4.69) is 20.2 Å². The number of rotatable bonds is 5. The van der Waals surface area contributed by atoms with Gasteiger partial charge in [-0.25, -0.2) is 0 Å². The molecule has 1 aliphatic rings. The minimum absolute atomic E-state index is 0.517. The second kappa shape index (κ2) is 8.44. The Morgan fingerprint density at radius 3 is 2.29 bits per heavy atom. The predicted molar refractivity (Wildman–Crippen MR) is 113 cm³/mol. The van der Waals surface area contributed by atoms with Crippen LogP contribution in [0, 0.1) is 0 Å². The fourth-order valence-electron chi connectivity index (χ4n) is 3.19. The SMILES string of the molecule is COc1ccc(-c2nc(Nc3ccc(Cl)cc3)nc(N3CCCCC3)n2)cc1. The van der Waals surface area contributed by atoms with Crippen LogP contribution >= 0.6 is 11.6 Å². The molecule has 0 aliphatic carbocycles. The number of methoxy groups -OCH3 is 1. The van der Waals surface area contributed by atoms with E-state index in [-0.39, 0.29) is 0 Å². The molecular formula is C21H22ClN5O. The third-order valence-electron chi connectivity index (χ3n) is 4.71. The lowest BCUT2D eigenvalue weighted by Crippen LogP contribution is -2.31. The maximum atomic E-state index is 5.99. The summed E-state index contributed by atoms with van der Waals surface area (Å²) in [6.07, 6.45) is 3.57. The summed E-state index contributed by atoms with van der Waals surface area (Å²) >= 11 is 5.99. The van der Waals surface area contributed by atoms with Crippen LogP contribution in [0.15, 0.2) is 48.5 Å². The summed E-state index contributed by atoms with van der Waals surface area (Å²) in [5, 5.41) is 3.96. The standard InChI is InChI=1S/C21H22ClN5O/c1-28-18-11-5-15(6-12-18)19-24-20(23-17-9-7-16(22)8-10-17)26-21(25-19)27-13-3-2-4-14-27/h5-12H,2-4,13-14H2,1H3,(H,23,24,25,26). The van der Waals surface area contributed by atoms with Gasteiger partial charge in [0.1, 0.15) is 5.75 Å². The molecule has 0 saturated carbocycles. The molecular weight excluding hydrogens is 374 g/mol. The van der Waals surface area contributed by atoms with Crippen molar-refractivity contribution in [3.05, 3.63) is 53.6 Å². The first-order valence-corrected chi connectivity index (χ1v) is 9.77. The lowest BCUT2D eigenvalue weighted by molar-refractivity contribution is 0.415. The van der Waals surface area contributed by atoms with Gasteiger partial charge in [0.25, 0.3) is 0 Å². The van der Waals surface area contributed by atoms with E-state index >= 15 is 0 Å². The molecule has 0 amide bonds. The Hall–Kier alpha value is -2.86. The molecule has 3 aromatic rings. The Bertz CT molecular complexity index is 925. The number of benzene rings is 2. The van der Waals surface area contributed by atoms with Gasteiger partial charge < -0.3 is 15.0 Å². The fraction of sp³-hybridized carbons (Fsp3) is 0.286. The van der Waals surface area contributed by atoms with Crippen LogP contribution in [-0.4, -0.2) is 35.2 Å². The minimum Gasteiger partial charge on any atom is -0.497 e. The van der Waals surface area contributed by atoms with E-state index in [0.29, 0.717) is 22.7 Å². The largest absolute Gasteiger partial charge is 0.497 e. The lowest BCUT2D eigenvalue weighted by atomic mass is 10.1. The zero-order valence-corrected chi connectivity index (χ0v) is 16.5. The van der Waals surface area contributed by atoms with E-state index in [0.717, 1.165) is 42.9 Å². The minimum atomic E-state index is 0.517. The van der Waals surface area contributed by atoms with Crippen LogP contribution in [0.5, 0.6) is 5.75 Å². The van der Waals surface area contributed by atoms with E-state index in [1.54, 1.807) is 7.11 Å². The van der Waals surface area contributed by atoms with Crippen molar-refractivity contribution < 1.29 is 4.74 Å². The van der Waals surface area contributed by atoms with Crippen molar-refractivity contribution in [1.29, 1.82) is 0 Å². The van der Waals surface area contributed by atoms with E-state index in [1.165, 1.54) is 6.42 Å². The van der Waals surface area contributed by atoms with Gasteiger partial charge in [0.05, 0.1) is 7.11 Å². The first kappa shape index (κ1) is 18.5. The zero-order valence-electron chi connectivity index (χ0n) is 15.7. The van der Waals surface area contributed by atoms with E-state index in [4.69, 9.17) is 21.3 Å². The molecule has 6 nitrogen and oxygen atoms in total. The van der Waals surface area contributed by atoms with Crippen molar-refractivity contribution in [2.75, 3.05) is 30.4 Å². The Balaban J connectivity index is 1.70. The highest BCUT2D eigenvalue weighted by molar-refractivity contribution is 6.30. The Morgan fingerprint density at radius 2 is 1.61 bits per heavy atom. The highest BCUT2D eigenvalue weighted by atomic mass is 35.5. The van der Waals surface area contributed by atoms with Crippen LogP contribution in [0.3, 0.4) is 0 Å². The molecule has 0 radical (unpaired) electrons. The van der Waals surface area contributed by atoms with Crippen LogP contribution in [0.1, 0.15) is 19.3 Å². The first-order valence-electron chi connectivity index (χ1n) is 9.39. The molecule has 0 atom stereocenters. The Morgan fingerprint density at radius 1 is 0.893 bits per heavy atom. The number of halogens is 1. The smallest absolute Gasteiger partial charge is 0.232 e. The molecule has 7 heteroatoms. The van der Waals surface area contributed by atoms with Gasteiger partial charge in [0.2, 0.25) is 11.9 Å². The number of nitrogens with zero attached hydrogens (tertiary/aromatic N) is 4. The number of nitrogens with one attached hydrogen (secondary N) is 1. The highest BCUT2D eigenvalue weighted by Crippen LogP contribution is 2.25. The second-order valence-corrected chi connectivity index (χ2v) is 7.13. The van der Waals surface area contributed by atoms with Gasteiger partial charge in [0.15, 0.2) is 5.82 Å². The molecule has 1 saturated heterocycles. The van der Waals surface area contributed by atoms with Crippen molar-refractivity contribution in [1.82, 2.24) is 15.0 Å². The number of piperidine rings is 1. The predicted octanol–water partition coefficient (Wildman–Crippen LogP) is 4.93. The highest BCUT2D eigenvalue weighted by Gasteiger charge is 2.17. The third-order valence-corrected chi connectivity index (χ3v) is 4.96. The maximum Gasteiger partial charge on any atom is 0.232 e. The van der Waals surface area contributed by atoms with Crippen molar-refractivity contribution in [3.8, 4) is 17.1 Å². The number of aromatic nitrogens is 3. The van der Waals surface area contributed by atoms with Crippen LogP contribution in [0.4, 0.5) is 17.6 Å². The number of hydrogen-bond acceptors (Lipinski definition) is 6. The van der Waals surface area contributed by atoms with Crippen molar-refractivity contribution in [2.45, 2.75) is 19.3 Å². The molecule has 2 aromatic carbocycles. The monoisotopic (exact) mass is 395 g/mol. The summed E-state index contributed by atoms with van der Waals surface area (Å²) < 4.78 is 5.25. The number of ether oxygens (including phenoxy) is 1. The first-order chi connectivity index (χ1) is 13.7. The summed E-state index contributed by atoms with van der Waals surface area (Å²) in [6, 6.07) is 15.2. The van der Waals surface area contributed by atoms with E-state index < -0.39 is 0 Å². The molecule has 0 unspecified atom stereocenters.